The van der Waals surface area contributed by atoms with E-state index in [-0.39, 0.29) is 11.3 Å². The van der Waals surface area contributed by atoms with Crippen LogP contribution in [-0.4, -0.2) is 17.4 Å². The van der Waals surface area contributed by atoms with E-state index >= 15 is 0 Å². The van der Waals surface area contributed by atoms with Crippen LogP contribution < -0.4 is 5.43 Å². The first-order valence-corrected chi connectivity index (χ1v) is 10.0. The van der Waals surface area contributed by atoms with E-state index in [9.17, 15) is 4.79 Å². The van der Waals surface area contributed by atoms with Crippen molar-refractivity contribution in [2.24, 2.45) is 5.10 Å². The molecule has 0 aliphatic heterocycles. The third kappa shape index (κ3) is 6.68. The molecule has 0 saturated heterocycles. The number of hydrogen-bond acceptors (Lipinski definition) is 3. The minimum absolute atomic E-state index is 0.0141. The van der Waals surface area contributed by atoms with Crippen molar-refractivity contribution < 1.29 is 4.79 Å². The fraction of sp³-hybridized carbons (Fsp3) is 0.364. The van der Waals surface area contributed by atoms with E-state index in [0.29, 0.717) is 5.75 Å². The molecular weight excluding hydrogens is 340 g/mol. The Hall–Kier alpha value is -2.07. The molecule has 26 heavy (non-hydrogen) atoms. The fourth-order valence-corrected chi connectivity index (χ4v) is 3.59. The van der Waals surface area contributed by atoms with Gasteiger partial charge in [0.25, 0.3) is 0 Å². The molecule has 1 N–H and O–H groups in total. The van der Waals surface area contributed by atoms with E-state index in [4.69, 9.17) is 0 Å². The summed E-state index contributed by atoms with van der Waals surface area (Å²) in [4.78, 5) is 12.0. The number of aryl methyl sites for hydroxylation is 1. The summed E-state index contributed by atoms with van der Waals surface area (Å²) < 4.78 is 0. The minimum atomic E-state index is -0.0565. The molecule has 2 aromatic carbocycles. The number of hydrazone groups is 1. The molecule has 3 nitrogen and oxygen atoms in total. The van der Waals surface area contributed by atoms with Crippen LogP contribution in [0.5, 0.6) is 0 Å². The van der Waals surface area contributed by atoms with Gasteiger partial charge < -0.3 is 0 Å². The van der Waals surface area contributed by atoms with Gasteiger partial charge in [-0.15, -0.1) is 11.8 Å². The van der Waals surface area contributed by atoms with Crippen molar-refractivity contribution in [1.29, 1.82) is 0 Å². The van der Waals surface area contributed by atoms with Gasteiger partial charge in [0.2, 0.25) is 5.91 Å². The van der Waals surface area contributed by atoms with Crippen LogP contribution in [0.1, 0.15) is 43.9 Å². The van der Waals surface area contributed by atoms with Crippen LogP contribution in [0.15, 0.2) is 59.7 Å². The average Bonchev–Trinajstić information content (AvgIpc) is 2.62. The molecule has 0 aliphatic carbocycles. The Balaban J connectivity index is 1.77. The predicted octanol–water partition coefficient (Wildman–Crippen LogP) is 5.09. The second-order valence-electron chi connectivity index (χ2n) is 7.29. The van der Waals surface area contributed by atoms with E-state index in [0.717, 1.165) is 17.9 Å². The van der Waals surface area contributed by atoms with E-state index in [1.54, 1.807) is 11.8 Å². The molecule has 2 rings (SSSR count). The highest BCUT2D eigenvalue weighted by Crippen LogP contribution is 2.27. The zero-order chi connectivity index (χ0) is 19.0. The number of benzene rings is 2. The van der Waals surface area contributed by atoms with Gasteiger partial charge in [-0.25, -0.2) is 5.43 Å². The summed E-state index contributed by atoms with van der Waals surface area (Å²) >= 11 is 1.60. The first-order chi connectivity index (χ1) is 12.4. The maximum absolute atomic E-state index is 12.0. The fourth-order valence-electron chi connectivity index (χ4n) is 2.81. The van der Waals surface area contributed by atoms with Crippen LogP contribution in [0.3, 0.4) is 0 Å². The molecule has 0 bridgehead atoms. The van der Waals surface area contributed by atoms with Gasteiger partial charge in [-0.1, -0.05) is 74.0 Å². The van der Waals surface area contributed by atoms with E-state index in [1.165, 1.54) is 16.7 Å². The van der Waals surface area contributed by atoms with Crippen molar-refractivity contribution in [3.63, 3.8) is 0 Å². The molecule has 2 aromatic rings. The number of amides is 1. The Morgan fingerprint density at radius 2 is 1.73 bits per heavy atom. The van der Waals surface area contributed by atoms with Crippen LogP contribution in [0, 0.1) is 6.92 Å². The average molecular weight is 369 g/mol. The van der Waals surface area contributed by atoms with E-state index in [2.05, 4.69) is 79.8 Å². The van der Waals surface area contributed by atoms with Crippen molar-refractivity contribution >= 4 is 23.4 Å². The van der Waals surface area contributed by atoms with Crippen LogP contribution in [0.25, 0.3) is 0 Å². The number of carbonyl (C=O) groups excluding carboxylic acids is 1. The van der Waals surface area contributed by atoms with Gasteiger partial charge in [0.1, 0.15) is 0 Å². The summed E-state index contributed by atoms with van der Waals surface area (Å²) in [5.41, 5.74) is 7.35. The Bertz CT molecular complexity index is 736. The summed E-state index contributed by atoms with van der Waals surface area (Å²) in [5.74, 6) is 1.18. The molecule has 0 spiro atoms. The third-order valence-electron chi connectivity index (χ3n) is 4.25. The highest BCUT2D eigenvalue weighted by Gasteiger charge is 2.21. The van der Waals surface area contributed by atoms with Gasteiger partial charge in [-0.3, -0.25) is 4.79 Å². The Morgan fingerprint density at radius 1 is 1.08 bits per heavy atom. The standard InChI is InChI=1S/C22H28N2OS/c1-17-10-12-19(13-11-17)15-26-16-21(25)24-23-18(2)14-22(3,4)20-8-6-5-7-9-20/h5-13H,14-16H2,1-4H3,(H,24,25)/b23-18-. The van der Waals surface area contributed by atoms with E-state index in [1.807, 2.05) is 13.0 Å². The number of rotatable bonds is 8. The normalized spacial score (nSPS) is 12.1. The first-order valence-electron chi connectivity index (χ1n) is 8.87. The number of carbonyl (C=O) groups is 1. The summed E-state index contributed by atoms with van der Waals surface area (Å²) in [5, 5.41) is 4.28. The first kappa shape index (κ1) is 20.2. The summed E-state index contributed by atoms with van der Waals surface area (Å²) in [6.07, 6.45) is 0.799. The molecule has 0 heterocycles. The Morgan fingerprint density at radius 3 is 2.38 bits per heavy atom. The lowest BCUT2D eigenvalue weighted by Crippen LogP contribution is -2.25. The highest BCUT2D eigenvalue weighted by molar-refractivity contribution is 7.99. The molecule has 0 aliphatic rings. The minimum Gasteiger partial charge on any atom is -0.272 e. The Kier molecular flexibility index (Phi) is 7.46. The number of thioether (sulfide) groups is 1. The van der Waals surface area contributed by atoms with E-state index < -0.39 is 0 Å². The van der Waals surface area contributed by atoms with Crippen LogP contribution in [0.4, 0.5) is 0 Å². The molecule has 0 fully saturated rings. The number of hydrogen-bond donors (Lipinski definition) is 1. The number of nitrogens with zero attached hydrogens (tertiary/aromatic N) is 1. The second kappa shape index (κ2) is 9.58. The van der Waals surface area contributed by atoms with Crippen molar-refractivity contribution in [1.82, 2.24) is 5.43 Å². The van der Waals surface area contributed by atoms with Crippen molar-refractivity contribution in [3.05, 3.63) is 71.3 Å². The smallest absolute Gasteiger partial charge is 0.250 e. The molecular formula is C22H28N2OS. The van der Waals surface area contributed by atoms with Gasteiger partial charge >= 0.3 is 0 Å². The SMILES string of the molecule is C/C(CC(C)(C)c1ccccc1)=N/NC(=O)CSCc1ccc(C)cc1. The summed E-state index contributed by atoms with van der Waals surface area (Å²) in [6, 6.07) is 18.8. The lowest BCUT2D eigenvalue weighted by molar-refractivity contribution is -0.118. The van der Waals surface area contributed by atoms with Crippen molar-refractivity contribution in [3.8, 4) is 0 Å². The number of nitrogens with one attached hydrogen (secondary N) is 1. The zero-order valence-corrected chi connectivity index (χ0v) is 16.9. The molecule has 0 unspecified atom stereocenters. The maximum atomic E-state index is 12.0. The summed E-state index contributed by atoms with van der Waals surface area (Å²) in [6.45, 7) is 8.43. The molecule has 0 radical (unpaired) electrons. The van der Waals surface area contributed by atoms with Gasteiger partial charge in [0.05, 0.1) is 5.75 Å². The lowest BCUT2D eigenvalue weighted by atomic mass is 9.80. The molecule has 0 aromatic heterocycles. The van der Waals surface area contributed by atoms with Gasteiger partial charge in [-0.05, 0) is 36.8 Å². The van der Waals surface area contributed by atoms with Crippen LogP contribution >= 0.6 is 11.8 Å². The second-order valence-corrected chi connectivity index (χ2v) is 8.27. The molecule has 1 amide bonds. The van der Waals surface area contributed by atoms with Crippen LogP contribution in [0.2, 0.25) is 0 Å². The Labute approximate surface area is 161 Å². The van der Waals surface area contributed by atoms with Gasteiger partial charge in [-0.2, -0.15) is 5.10 Å². The van der Waals surface area contributed by atoms with Crippen molar-refractivity contribution in [2.45, 2.75) is 45.3 Å². The quantitative estimate of drug-likeness (QED) is 0.521. The van der Waals surface area contributed by atoms with Crippen LogP contribution in [-0.2, 0) is 16.0 Å². The largest absolute Gasteiger partial charge is 0.272 e. The predicted molar refractivity (Wildman–Crippen MR) is 113 cm³/mol. The lowest BCUT2D eigenvalue weighted by Gasteiger charge is -2.25. The monoisotopic (exact) mass is 368 g/mol. The topological polar surface area (TPSA) is 41.5 Å². The maximum Gasteiger partial charge on any atom is 0.250 e. The molecule has 138 valence electrons. The summed E-state index contributed by atoms with van der Waals surface area (Å²) in [7, 11) is 0. The highest BCUT2D eigenvalue weighted by atomic mass is 32.2. The zero-order valence-electron chi connectivity index (χ0n) is 16.1. The third-order valence-corrected chi connectivity index (χ3v) is 5.25. The van der Waals surface area contributed by atoms with Gasteiger partial charge in [0.15, 0.2) is 0 Å². The molecule has 4 heteroatoms. The van der Waals surface area contributed by atoms with Gasteiger partial charge in [0, 0.05) is 11.5 Å². The molecule has 0 atom stereocenters. The molecule has 0 saturated carbocycles. The van der Waals surface area contributed by atoms with Crippen molar-refractivity contribution in [2.75, 3.05) is 5.75 Å².